The second-order valence-electron chi connectivity index (χ2n) is 5.41. The van der Waals surface area contributed by atoms with Crippen molar-refractivity contribution in [2.45, 2.75) is 45.0 Å². The van der Waals surface area contributed by atoms with Crippen molar-refractivity contribution in [3.8, 4) is 0 Å². The molecule has 1 aliphatic heterocycles. The molecule has 0 aliphatic carbocycles. The van der Waals surface area contributed by atoms with Gasteiger partial charge in [-0.2, -0.15) is 8.42 Å². The Kier molecular flexibility index (Phi) is 5.75. The summed E-state index contributed by atoms with van der Waals surface area (Å²) in [6.07, 6.45) is 2.40. The molecule has 0 radical (unpaired) electrons. The molecule has 2 atom stereocenters. The fourth-order valence-corrected chi connectivity index (χ4v) is 2.86. The molecule has 0 saturated carbocycles. The lowest BCUT2D eigenvalue weighted by atomic mass is 10.1. The van der Waals surface area contributed by atoms with Crippen LogP contribution in [-0.4, -0.2) is 31.6 Å². The van der Waals surface area contributed by atoms with Gasteiger partial charge in [-0.05, 0) is 38.2 Å². The number of benzene rings is 1. The molecule has 0 aromatic heterocycles. The van der Waals surface area contributed by atoms with Crippen LogP contribution in [-0.2, 0) is 19.6 Å². The van der Waals surface area contributed by atoms with E-state index >= 15 is 0 Å². The lowest BCUT2D eigenvalue weighted by molar-refractivity contribution is -0.190. The maximum absolute atomic E-state index is 11.0. The van der Waals surface area contributed by atoms with E-state index in [0.717, 1.165) is 30.4 Å². The number of aryl methyl sites for hydroxylation is 1. The molecule has 0 amide bonds. The Morgan fingerprint density at radius 1 is 1.33 bits per heavy atom. The van der Waals surface area contributed by atoms with Gasteiger partial charge in [-0.1, -0.05) is 29.8 Å². The van der Waals surface area contributed by atoms with Gasteiger partial charge in [0, 0.05) is 6.61 Å². The zero-order valence-corrected chi connectivity index (χ0v) is 13.0. The van der Waals surface area contributed by atoms with Gasteiger partial charge in [0.2, 0.25) is 0 Å². The van der Waals surface area contributed by atoms with Crippen LogP contribution < -0.4 is 0 Å². The van der Waals surface area contributed by atoms with Crippen LogP contribution >= 0.6 is 0 Å². The summed E-state index contributed by atoms with van der Waals surface area (Å²) >= 11 is 0. The fraction of sp³-hybridized carbons (Fsp3) is 0.600. The minimum Gasteiger partial charge on any atom is -0.353 e. The van der Waals surface area contributed by atoms with Crippen molar-refractivity contribution >= 4 is 10.1 Å². The molecule has 1 heterocycles. The van der Waals surface area contributed by atoms with Crippen LogP contribution in [0.1, 0.15) is 42.9 Å². The van der Waals surface area contributed by atoms with Gasteiger partial charge in [0.05, 0.1) is 11.9 Å². The van der Waals surface area contributed by atoms with Gasteiger partial charge in [0.25, 0.3) is 10.1 Å². The van der Waals surface area contributed by atoms with Crippen molar-refractivity contribution in [2.24, 2.45) is 0 Å². The first-order chi connectivity index (χ1) is 9.94. The highest BCUT2D eigenvalue weighted by atomic mass is 32.2. The van der Waals surface area contributed by atoms with Gasteiger partial charge in [-0.15, -0.1) is 0 Å². The quantitative estimate of drug-likeness (QED) is 0.817. The topological polar surface area (TPSA) is 72.8 Å². The van der Waals surface area contributed by atoms with Crippen LogP contribution in [0.4, 0.5) is 0 Å². The largest absolute Gasteiger partial charge is 0.353 e. The van der Waals surface area contributed by atoms with Crippen molar-refractivity contribution < 1.29 is 22.4 Å². The third-order valence-electron chi connectivity index (χ3n) is 3.54. The average molecular weight is 314 g/mol. The Morgan fingerprint density at radius 2 is 2.05 bits per heavy atom. The maximum Gasteiger partial charge on any atom is 0.264 e. The summed E-state index contributed by atoms with van der Waals surface area (Å²) in [5.41, 5.74) is 2.03. The van der Waals surface area contributed by atoms with Gasteiger partial charge < -0.3 is 9.47 Å². The average Bonchev–Trinajstić information content (AvgIpc) is 2.45. The van der Waals surface area contributed by atoms with E-state index in [1.807, 2.05) is 31.2 Å². The van der Waals surface area contributed by atoms with E-state index in [4.69, 9.17) is 14.0 Å². The van der Waals surface area contributed by atoms with Crippen molar-refractivity contribution in [2.75, 3.05) is 12.4 Å². The summed E-state index contributed by atoms with van der Waals surface area (Å²) in [6, 6.07) is 7.77. The van der Waals surface area contributed by atoms with Gasteiger partial charge >= 0.3 is 0 Å². The molecule has 1 saturated heterocycles. The predicted octanol–water partition coefficient (Wildman–Crippen LogP) is 2.86. The molecule has 1 fully saturated rings. The fourth-order valence-electron chi connectivity index (χ4n) is 2.35. The Balaban J connectivity index is 2.06. The molecule has 1 aromatic rings. The summed E-state index contributed by atoms with van der Waals surface area (Å²) in [6.45, 7) is 2.66. The molecule has 2 rings (SSSR count). The molecule has 5 nitrogen and oxygen atoms in total. The van der Waals surface area contributed by atoms with Gasteiger partial charge in [-0.25, -0.2) is 0 Å². The maximum atomic E-state index is 11.0. The highest BCUT2D eigenvalue weighted by Crippen LogP contribution is 2.27. The lowest BCUT2D eigenvalue weighted by Gasteiger charge is -2.28. The Morgan fingerprint density at radius 3 is 2.62 bits per heavy atom. The van der Waals surface area contributed by atoms with Gasteiger partial charge in [0.15, 0.2) is 6.29 Å². The second-order valence-corrected chi connectivity index (χ2v) is 6.98. The number of hydrogen-bond acceptors (Lipinski definition) is 4. The van der Waals surface area contributed by atoms with Crippen molar-refractivity contribution in [3.63, 3.8) is 0 Å². The molecule has 1 aromatic carbocycles. The summed E-state index contributed by atoms with van der Waals surface area (Å²) in [5, 5.41) is 0. The first-order valence-corrected chi connectivity index (χ1v) is 8.84. The first-order valence-electron chi connectivity index (χ1n) is 7.23. The molecule has 0 bridgehead atoms. The molecular formula is C15H22O5S. The zero-order valence-electron chi connectivity index (χ0n) is 12.2. The third-order valence-corrected chi connectivity index (χ3v) is 4.29. The van der Waals surface area contributed by atoms with Gasteiger partial charge in [-0.3, -0.25) is 4.55 Å². The number of rotatable bonds is 6. The zero-order chi connectivity index (χ0) is 15.3. The summed E-state index contributed by atoms with van der Waals surface area (Å²) in [5.74, 6) is -0.321. The van der Waals surface area contributed by atoms with E-state index in [1.165, 1.54) is 0 Å². The SMILES string of the molecule is Cc1ccc(C(CCS(=O)(=O)O)OC2CCCCO2)cc1. The highest BCUT2D eigenvalue weighted by Gasteiger charge is 2.22. The predicted molar refractivity (Wildman–Crippen MR) is 79.6 cm³/mol. The lowest BCUT2D eigenvalue weighted by Crippen LogP contribution is -2.25. The highest BCUT2D eigenvalue weighted by molar-refractivity contribution is 7.85. The van der Waals surface area contributed by atoms with E-state index in [0.29, 0.717) is 6.61 Å². The molecule has 6 heteroatoms. The Bertz CT molecular complexity index is 532. The van der Waals surface area contributed by atoms with Crippen molar-refractivity contribution in [1.29, 1.82) is 0 Å². The summed E-state index contributed by atoms with van der Waals surface area (Å²) in [7, 11) is -4.00. The first kappa shape index (κ1) is 16.4. The molecule has 118 valence electrons. The van der Waals surface area contributed by atoms with Crippen LogP contribution in [0.25, 0.3) is 0 Å². The van der Waals surface area contributed by atoms with E-state index in [-0.39, 0.29) is 18.5 Å². The molecule has 2 unspecified atom stereocenters. The van der Waals surface area contributed by atoms with E-state index in [1.54, 1.807) is 0 Å². The summed E-state index contributed by atoms with van der Waals surface area (Å²) in [4.78, 5) is 0. The third kappa shape index (κ3) is 5.74. The molecule has 0 spiro atoms. The molecule has 1 N–H and O–H groups in total. The summed E-state index contributed by atoms with van der Waals surface area (Å²) < 4.78 is 42.4. The Labute approximate surface area is 126 Å². The molecule has 21 heavy (non-hydrogen) atoms. The van der Waals surface area contributed by atoms with E-state index in [2.05, 4.69) is 0 Å². The van der Waals surface area contributed by atoms with Crippen LogP contribution in [0.3, 0.4) is 0 Å². The van der Waals surface area contributed by atoms with Crippen molar-refractivity contribution in [3.05, 3.63) is 35.4 Å². The van der Waals surface area contributed by atoms with Crippen molar-refractivity contribution in [1.82, 2.24) is 0 Å². The van der Waals surface area contributed by atoms with Crippen LogP contribution in [0, 0.1) is 6.92 Å². The normalized spacial score (nSPS) is 21.1. The van der Waals surface area contributed by atoms with Crippen LogP contribution in [0.5, 0.6) is 0 Å². The standard InChI is InChI=1S/C15H22O5S/c1-12-5-7-13(8-6-12)14(9-11-21(16,17)18)20-15-4-2-3-10-19-15/h5-8,14-15H,2-4,9-11H2,1H3,(H,16,17,18). The van der Waals surface area contributed by atoms with Crippen LogP contribution in [0.2, 0.25) is 0 Å². The van der Waals surface area contributed by atoms with Crippen LogP contribution in [0.15, 0.2) is 24.3 Å². The molecule has 1 aliphatic rings. The molecular weight excluding hydrogens is 292 g/mol. The van der Waals surface area contributed by atoms with Gasteiger partial charge in [0.1, 0.15) is 0 Å². The van der Waals surface area contributed by atoms with E-state index in [9.17, 15) is 8.42 Å². The number of ether oxygens (including phenoxy) is 2. The second kappa shape index (κ2) is 7.35. The Hall–Kier alpha value is -0.950. The smallest absolute Gasteiger partial charge is 0.264 e. The van der Waals surface area contributed by atoms with E-state index < -0.39 is 16.2 Å². The minimum atomic E-state index is -4.00. The monoisotopic (exact) mass is 314 g/mol. The number of hydrogen-bond donors (Lipinski definition) is 1. The minimum absolute atomic E-state index is 0.210.